The number of urea groups is 1. The molecular weight excluding hydrogens is 529 g/mol. The highest BCUT2D eigenvalue weighted by molar-refractivity contribution is 6.06. The monoisotopic (exact) mass is 552 g/mol. The number of halogens is 3. The minimum Gasteiger partial charge on any atom is -0.345 e. The number of hydrogen-bond acceptors (Lipinski definition) is 7. The molecule has 4 rings (SSSR count). The molecule has 1 unspecified atom stereocenters. The third-order valence-electron chi connectivity index (χ3n) is 6.53. The molecule has 2 heterocycles. The molecule has 0 bridgehead atoms. The molecule has 3 amide bonds. The summed E-state index contributed by atoms with van der Waals surface area (Å²) in [6.07, 6.45) is -4.64. The van der Waals surface area contributed by atoms with Crippen molar-refractivity contribution in [2.75, 3.05) is 11.9 Å². The van der Waals surface area contributed by atoms with Gasteiger partial charge in [0.15, 0.2) is 11.6 Å². The summed E-state index contributed by atoms with van der Waals surface area (Å²) in [7, 11) is 2.97. The second-order valence-corrected chi connectivity index (χ2v) is 9.05. The number of amides is 3. The third kappa shape index (κ3) is 5.13. The molecule has 0 spiro atoms. The van der Waals surface area contributed by atoms with Gasteiger partial charge in [-0.2, -0.15) is 18.4 Å². The Kier molecular flexibility index (Phi) is 7.41. The van der Waals surface area contributed by atoms with E-state index in [-0.39, 0.29) is 40.2 Å². The SMILES string of the molecule is CC(=O)C1=C(C)N(c2cccc(C(F)(F)F)c2)C(=O)N(C)C1c1ccc(C#N)cc1C(=O)NCc1nnnn1C. The van der Waals surface area contributed by atoms with Crippen LogP contribution >= 0.6 is 0 Å². The van der Waals surface area contributed by atoms with Crippen LogP contribution in [-0.2, 0) is 24.6 Å². The van der Waals surface area contributed by atoms with E-state index in [1.54, 1.807) is 7.05 Å². The fourth-order valence-corrected chi connectivity index (χ4v) is 4.57. The maximum Gasteiger partial charge on any atom is 0.416 e. The normalized spacial score (nSPS) is 15.8. The average Bonchev–Trinajstić information content (AvgIpc) is 3.32. The highest BCUT2D eigenvalue weighted by atomic mass is 19.4. The van der Waals surface area contributed by atoms with Gasteiger partial charge in [-0.3, -0.25) is 14.5 Å². The van der Waals surface area contributed by atoms with E-state index in [9.17, 15) is 32.8 Å². The number of likely N-dealkylation sites (N-methyl/N-ethyl adjacent to an activating group) is 1. The molecule has 0 fully saturated rings. The van der Waals surface area contributed by atoms with Crippen LogP contribution in [0.5, 0.6) is 0 Å². The summed E-state index contributed by atoms with van der Waals surface area (Å²) >= 11 is 0. The van der Waals surface area contributed by atoms with E-state index in [1.165, 1.54) is 60.8 Å². The van der Waals surface area contributed by atoms with Crippen LogP contribution in [0.3, 0.4) is 0 Å². The van der Waals surface area contributed by atoms with E-state index < -0.39 is 35.5 Å². The fraction of sp³-hybridized carbons (Fsp3) is 0.269. The molecule has 1 aliphatic heterocycles. The summed E-state index contributed by atoms with van der Waals surface area (Å²) in [4.78, 5) is 42.1. The predicted octanol–water partition coefficient (Wildman–Crippen LogP) is 3.51. The molecule has 14 heteroatoms. The molecule has 0 saturated heterocycles. The lowest BCUT2D eigenvalue weighted by atomic mass is 9.87. The van der Waals surface area contributed by atoms with Gasteiger partial charge in [-0.15, -0.1) is 5.10 Å². The van der Waals surface area contributed by atoms with Crippen LogP contribution in [0.4, 0.5) is 23.7 Å². The second-order valence-electron chi connectivity index (χ2n) is 9.05. The quantitative estimate of drug-likeness (QED) is 0.494. The Morgan fingerprint density at radius 2 is 1.88 bits per heavy atom. The molecule has 40 heavy (non-hydrogen) atoms. The summed E-state index contributed by atoms with van der Waals surface area (Å²) in [5.74, 6) is -0.718. The number of carbonyl (C=O) groups excluding carboxylic acids is 3. The summed E-state index contributed by atoms with van der Waals surface area (Å²) < 4.78 is 41.6. The molecule has 0 saturated carbocycles. The van der Waals surface area contributed by atoms with Crippen LogP contribution in [0.2, 0.25) is 0 Å². The molecule has 0 radical (unpaired) electrons. The predicted molar refractivity (Wildman–Crippen MR) is 134 cm³/mol. The van der Waals surface area contributed by atoms with Gasteiger partial charge in [0.2, 0.25) is 0 Å². The van der Waals surface area contributed by atoms with Gasteiger partial charge >= 0.3 is 12.2 Å². The van der Waals surface area contributed by atoms with Gasteiger partial charge < -0.3 is 10.2 Å². The fourth-order valence-electron chi connectivity index (χ4n) is 4.57. The van der Waals surface area contributed by atoms with Crippen molar-refractivity contribution in [3.05, 3.63) is 81.8 Å². The molecule has 1 N–H and O–H groups in total. The molecule has 1 aromatic heterocycles. The number of anilines is 1. The molecule has 3 aromatic rings. The zero-order valence-corrected chi connectivity index (χ0v) is 21.8. The minimum absolute atomic E-state index is 0.0258. The van der Waals surface area contributed by atoms with Crippen LogP contribution in [0.25, 0.3) is 0 Å². The van der Waals surface area contributed by atoms with Crippen molar-refractivity contribution >= 4 is 23.4 Å². The van der Waals surface area contributed by atoms with Crippen LogP contribution in [0.15, 0.2) is 53.7 Å². The Morgan fingerprint density at radius 3 is 2.48 bits per heavy atom. The number of rotatable bonds is 6. The van der Waals surface area contributed by atoms with E-state index in [4.69, 9.17) is 0 Å². The summed E-state index contributed by atoms with van der Waals surface area (Å²) in [5.41, 5.74) is -0.388. The average molecular weight is 553 g/mol. The Morgan fingerprint density at radius 1 is 1.15 bits per heavy atom. The van der Waals surface area contributed by atoms with Crippen LogP contribution < -0.4 is 10.2 Å². The first kappa shape index (κ1) is 28.0. The van der Waals surface area contributed by atoms with Gasteiger partial charge in [-0.1, -0.05) is 12.1 Å². The van der Waals surface area contributed by atoms with Gasteiger partial charge in [0.05, 0.1) is 35.5 Å². The lowest BCUT2D eigenvalue weighted by molar-refractivity contribution is -0.137. The number of aryl methyl sites for hydroxylation is 1. The lowest BCUT2D eigenvalue weighted by Crippen LogP contribution is -2.49. The van der Waals surface area contributed by atoms with Crippen molar-refractivity contribution in [3.63, 3.8) is 0 Å². The smallest absolute Gasteiger partial charge is 0.345 e. The lowest BCUT2D eigenvalue weighted by Gasteiger charge is -2.41. The van der Waals surface area contributed by atoms with E-state index in [1.807, 2.05) is 6.07 Å². The Balaban J connectivity index is 1.83. The Bertz CT molecular complexity index is 1590. The number of nitrogens with zero attached hydrogens (tertiary/aromatic N) is 7. The van der Waals surface area contributed by atoms with Gasteiger partial charge in [-0.05, 0) is 60.2 Å². The van der Waals surface area contributed by atoms with Gasteiger partial charge in [-0.25, -0.2) is 9.48 Å². The number of tetrazole rings is 1. The largest absolute Gasteiger partial charge is 0.416 e. The Hall–Kier alpha value is -5.06. The number of ketones is 1. The molecule has 0 aliphatic carbocycles. The first-order valence-electron chi connectivity index (χ1n) is 11.8. The number of nitriles is 1. The first-order valence-corrected chi connectivity index (χ1v) is 11.8. The van der Waals surface area contributed by atoms with Crippen molar-refractivity contribution in [1.29, 1.82) is 5.26 Å². The zero-order chi connectivity index (χ0) is 29.4. The highest BCUT2D eigenvalue weighted by Crippen LogP contribution is 2.41. The third-order valence-corrected chi connectivity index (χ3v) is 6.53. The first-order chi connectivity index (χ1) is 18.8. The summed E-state index contributed by atoms with van der Waals surface area (Å²) in [6.45, 7) is 2.68. The van der Waals surface area contributed by atoms with E-state index in [0.29, 0.717) is 5.82 Å². The molecule has 206 valence electrons. The van der Waals surface area contributed by atoms with Crippen LogP contribution in [-0.4, -0.2) is 49.9 Å². The second kappa shape index (κ2) is 10.6. The van der Waals surface area contributed by atoms with Crippen molar-refractivity contribution in [1.82, 2.24) is 30.4 Å². The summed E-state index contributed by atoms with van der Waals surface area (Å²) in [6, 6.07) is 8.66. The van der Waals surface area contributed by atoms with Crippen molar-refractivity contribution in [3.8, 4) is 6.07 Å². The van der Waals surface area contributed by atoms with Crippen LogP contribution in [0, 0.1) is 11.3 Å². The number of benzene rings is 2. The minimum atomic E-state index is -4.64. The molecule has 11 nitrogen and oxygen atoms in total. The van der Waals surface area contributed by atoms with Gasteiger partial charge in [0.1, 0.15) is 0 Å². The van der Waals surface area contributed by atoms with Crippen LogP contribution in [0.1, 0.15) is 52.8 Å². The number of alkyl halides is 3. The van der Waals surface area contributed by atoms with Crippen molar-refractivity contribution in [2.45, 2.75) is 32.6 Å². The number of carbonyl (C=O) groups is 3. The Labute approximate surface area is 226 Å². The van der Waals surface area contributed by atoms with Crippen molar-refractivity contribution < 1.29 is 27.6 Å². The van der Waals surface area contributed by atoms with E-state index in [2.05, 4.69) is 20.8 Å². The maximum absolute atomic E-state index is 13.6. The van der Waals surface area contributed by atoms with Crippen molar-refractivity contribution in [2.24, 2.45) is 7.05 Å². The number of Topliss-reactive ketones (excluding diaryl/α,β-unsaturated/α-hetero) is 1. The number of aromatic nitrogens is 4. The maximum atomic E-state index is 13.6. The van der Waals surface area contributed by atoms with Gasteiger partial charge in [0.25, 0.3) is 5.91 Å². The number of nitrogens with one attached hydrogen (secondary N) is 1. The highest BCUT2D eigenvalue weighted by Gasteiger charge is 2.41. The number of hydrogen-bond donors (Lipinski definition) is 1. The zero-order valence-electron chi connectivity index (χ0n) is 21.8. The topological polar surface area (TPSA) is 137 Å². The van der Waals surface area contributed by atoms with E-state index in [0.717, 1.165) is 17.0 Å². The standard InChI is InChI=1S/C26H23F3N8O3/c1-14-22(15(2)38)23(35(3)25(40)37(14)18-7-5-6-17(11-18)26(27,28)29)19-9-8-16(12-30)10-20(19)24(39)31-13-21-32-33-34-36(21)4/h5-11,23H,13H2,1-4H3,(H,31,39). The summed E-state index contributed by atoms with van der Waals surface area (Å²) in [5, 5.41) is 23.1. The molecule has 2 aromatic carbocycles. The molecule has 1 aliphatic rings. The number of allylic oxidation sites excluding steroid dienone is 1. The van der Waals surface area contributed by atoms with Gasteiger partial charge in [0, 0.05) is 30.9 Å². The molecular formula is C26H23F3N8O3. The van der Waals surface area contributed by atoms with E-state index >= 15 is 0 Å². The molecule has 1 atom stereocenters.